The van der Waals surface area contributed by atoms with Gasteiger partial charge < -0.3 is 9.47 Å². The Balaban J connectivity index is 1.82. The van der Waals surface area contributed by atoms with Gasteiger partial charge in [0, 0.05) is 6.42 Å². The predicted octanol–water partition coefficient (Wildman–Crippen LogP) is 3.20. The van der Waals surface area contributed by atoms with E-state index in [9.17, 15) is 9.59 Å². The molecule has 110 valence electrons. The van der Waals surface area contributed by atoms with Crippen LogP contribution < -0.4 is 4.74 Å². The SMILES string of the molecule is O=C1O[C@@H]([C@H]2CCCCC2=O)C(Cl)=C1Oc1ccccc1. The van der Waals surface area contributed by atoms with E-state index in [1.165, 1.54) is 0 Å². The van der Waals surface area contributed by atoms with Crippen LogP contribution in [0.4, 0.5) is 0 Å². The highest BCUT2D eigenvalue weighted by Crippen LogP contribution is 2.37. The van der Waals surface area contributed by atoms with E-state index in [2.05, 4.69) is 0 Å². The quantitative estimate of drug-likeness (QED) is 0.805. The molecule has 0 unspecified atom stereocenters. The highest BCUT2D eigenvalue weighted by atomic mass is 35.5. The average Bonchev–Trinajstić information content (AvgIpc) is 2.77. The number of carbonyl (C=O) groups is 2. The van der Waals surface area contributed by atoms with E-state index in [1.54, 1.807) is 24.3 Å². The second-order valence-electron chi connectivity index (χ2n) is 5.24. The van der Waals surface area contributed by atoms with Crippen molar-refractivity contribution < 1.29 is 19.1 Å². The van der Waals surface area contributed by atoms with Gasteiger partial charge in [-0.25, -0.2) is 4.79 Å². The highest BCUT2D eigenvalue weighted by Gasteiger charge is 2.43. The van der Waals surface area contributed by atoms with Gasteiger partial charge in [-0.2, -0.15) is 0 Å². The van der Waals surface area contributed by atoms with Crippen LogP contribution in [-0.2, 0) is 14.3 Å². The first-order valence-corrected chi connectivity index (χ1v) is 7.41. The summed E-state index contributed by atoms with van der Waals surface area (Å²) in [5.41, 5.74) is 0. The minimum absolute atomic E-state index is 0.00811. The van der Waals surface area contributed by atoms with Crippen molar-refractivity contribution in [2.45, 2.75) is 31.8 Å². The van der Waals surface area contributed by atoms with Crippen LogP contribution in [0.2, 0.25) is 0 Å². The smallest absolute Gasteiger partial charge is 0.376 e. The minimum Gasteiger partial charge on any atom is -0.450 e. The Kier molecular flexibility index (Phi) is 3.97. The van der Waals surface area contributed by atoms with Crippen LogP contribution in [0, 0.1) is 5.92 Å². The molecule has 1 saturated carbocycles. The van der Waals surface area contributed by atoms with E-state index in [1.807, 2.05) is 6.07 Å². The van der Waals surface area contributed by atoms with E-state index in [4.69, 9.17) is 21.1 Å². The molecule has 1 aromatic rings. The van der Waals surface area contributed by atoms with Gasteiger partial charge >= 0.3 is 5.97 Å². The maximum atomic E-state index is 12.0. The molecule has 0 spiro atoms. The molecule has 1 fully saturated rings. The van der Waals surface area contributed by atoms with Gasteiger partial charge in [-0.05, 0) is 25.0 Å². The van der Waals surface area contributed by atoms with Crippen molar-refractivity contribution in [2.75, 3.05) is 0 Å². The van der Waals surface area contributed by atoms with Crippen molar-refractivity contribution in [3.8, 4) is 5.75 Å². The van der Waals surface area contributed by atoms with Crippen LogP contribution in [-0.4, -0.2) is 17.9 Å². The van der Waals surface area contributed by atoms with Crippen molar-refractivity contribution in [1.82, 2.24) is 0 Å². The zero-order valence-electron chi connectivity index (χ0n) is 11.4. The number of ether oxygens (including phenoxy) is 2. The number of ketones is 1. The number of para-hydroxylation sites is 1. The monoisotopic (exact) mass is 306 g/mol. The van der Waals surface area contributed by atoms with Gasteiger partial charge in [-0.15, -0.1) is 0 Å². The lowest BCUT2D eigenvalue weighted by atomic mass is 9.84. The Morgan fingerprint density at radius 3 is 2.62 bits per heavy atom. The predicted molar refractivity (Wildman–Crippen MR) is 76.8 cm³/mol. The van der Waals surface area contributed by atoms with E-state index in [0.717, 1.165) is 12.8 Å². The topological polar surface area (TPSA) is 52.6 Å². The van der Waals surface area contributed by atoms with E-state index in [0.29, 0.717) is 18.6 Å². The molecule has 0 saturated heterocycles. The second kappa shape index (κ2) is 5.90. The molecule has 2 aliphatic rings. The summed E-state index contributed by atoms with van der Waals surface area (Å²) in [6.45, 7) is 0. The van der Waals surface area contributed by atoms with E-state index in [-0.39, 0.29) is 22.5 Å². The van der Waals surface area contributed by atoms with Gasteiger partial charge in [0.05, 0.1) is 5.92 Å². The number of benzene rings is 1. The number of cyclic esters (lactones) is 1. The summed E-state index contributed by atoms with van der Waals surface area (Å²) in [5.74, 6) is -0.332. The van der Waals surface area contributed by atoms with E-state index < -0.39 is 12.1 Å². The van der Waals surface area contributed by atoms with Crippen LogP contribution in [0.15, 0.2) is 41.1 Å². The number of hydrogen-bond donors (Lipinski definition) is 0. The summed E-state index contributed by atoms with van der Waals surface area (Å²) >= 11 is 6.24. The minimum atomic E-state index is -0.689. The van der Waals surface area contributed by atoms with Gasteiger partial charge in [-0.3, -0.25) is 4.79 Å². The molecule has 1 aliphatic carbocycles. The molecule has 0 bridgehead atoms. The highest BCUT2D eigenvalue weighted by molar-refractivity contribution is 6.33. The summed E-state index contributed by atoms with van der Waals surface area (Å²) in [6.07, 6.45) is 2.38. The standard InChI is InChI=1S/C16H15ClO4/c17-13-14(11-8-4-5-9-12(11)18)21-16(19)15(13)20-10-6-2-1-3-7-10/h1-3,6-7,11,14H,4-5,8-9H2/t11-,14-/m0/s1. The third-order valence-electron chi connectivity index (χ3n) is 3.82. The number of esters is 1. The zero-order valence-corrected chi connectivity index (χ0v) is 12.1. The lowest BCUT2D eigenvalue weighted by Gasteiger charge is -2.24. The number of carbonyl (C=O) groups excluding carboxylic acids is 2. The Morgan fingerprint density at radius 1 is 1.14 bits per heavy atom. The molecule has 0 amide bonds. The molecule has 1 aromatic carbocycles. The summed E-state index contributed by atoms with van der Waals surface area (Å²) in [4.78, 5) is 23.9. The van der Waals surface area contributed by atoms with Gasteiger partial charge in [0.1, 0.15) is 16.6 Å². The van der Waals surface area contributed by atoms with E-state index >= 15 is 0 Å². The lowest BCUT2D eigenvalue weighted by molar-refractivity contribution is -0.146. The fourth-order valence-electron chi connectivity index (χ4n) is 2.73. The van der Waals surface area contributed by atoms with Crippen molar-refractivity contribution in [3.05, 3.63) is 41.1 Å². The van der Waals surface area contributed by atoms with Crippen LogP contribution >= 0.6 is 11.6 Å². The van der Waals surface area contributed by atoms with Crippen molar-refractivity contribution >= 4 is 23.4 Å². The van der Waals surface area contributed by atoms with Gasteiger partial charge in [0.25, 0.3) is 0 Å². The van der Waals surface area contributed by atoms with Crippen LogP contribution in [0.3, 0.4) is 0 Å². The molecule has 0 N–H and O–H groups in total. The number of rotatable bonds is 3. The van der Waals surface area contributed by atoms with Crippen molar-refractivity contribution in [2.24, 2.45) is 5.92 Å². The maximum absolute atomic E-state index is 12.0. The zero-order chi connectivity index (χ0) is 14.8. The molecule has 0 radical (unpaired) electrons. The third kappa shape index (κ3) is 2.81. The normalized spacial score (nSPS) is 26.0. The lowest BCUT2D eigenvalue weighted by Crippen LogP contribution is -2.31. The molecule has 4 nitrogen and oxygen atoms in total. The molecule has 21 heavy (non-hydrogen) atoms. The summed E-state index contributed by atoms with van der Waals surface area (Å²) in [6, 6.07) is 8.89. The van der Waals surface area contributed by atoms with Gasteiger partial charge in [0.15, 0.2) is 6.10 Å². The van der Waals surface area contributed by atoms with Crippen LogP contribution in [0.1, 0.15) is 25.7 Å². The summed E-state index contributed by atoms with van der Waals surface area (Å²) in [7, 11) is 0. The molecule has 1 aliphatic heterocycles. The average molecular weight is 307 g/mol. The largest absolute Gasteiger partial charge is 0.450 e. The number of hydrogen-bond acceptors (Lipinski definition) is 4. The fraction of sp³-hybridized carbons (Fsp3) is 0.375. The molecular weight excluding hydrogens is 292 g/mol. The number of Topliss-reactive ketones (excluding diaryl/α,β-unsaturated/α-hetero) is 1. The Bertz CT molecular complexity index is 594. The molecular formula is C16H15ClO4. The summed E-state index contributed by atoms with van der Waals surface area (Å²) < 4.78 is 10.8. The fourth-order valence-corrected chi connectivity index (χ4v) is 3.05. The first-order chi connectivity index (χ1) is 10.2. The van der Waals surface area contributed by atoms with Crippen LogP contribution in [0.25, 0.3) is 0 Å². The first kappa shape index (κ1) is 14.1. The van der Waals surface area contributed by atoms with Gasteiger partial charge in [0.2, 0.25) is 5.76 Å². The Hall–Kier alpha value is -1.81. The number of halogens is 1. The van der Waals surface area contributed by atoms with Gasteiger partial charge in [-0.1, -0.05) is 36.2 Å². The molecule has 3 rings (SSSR count). The molecule has 2 atom stereocenters. The molecule has 5 heteroatoms. The first-order valence-electron chi connectivity index (χ1n) is 7.03. The maximum Gasteiger partial charge on any atom is 0.376 e. The second-order valence-corrected chi connectivity index (χ2v) is 5.64. The molecule has 1 heterocycles. The van der Waals surface area contributed by atoms with Crippen molar-refractivity contribution in [1.29, 1.82) is 0 Å². The molecule has 0 aromatic heterocycles. The van der Waals surface area contributed by atoms with Crippen molar-refractivity contribution in [3.63, 3.8) is 0 Å². The Labute approximate surface area is 127 Å². The third-order valence-corrected chi connectivity index (χ3v) is 4.20. The Morgan fingerprint density at radius 2 is 1.90 bits per heavy atom. The summed E-state index contributed by atoms with van der Waals surface area (Å²) in [5, 5.41) is 0.198. The van der Waals surface area contributed by atoms with Crippen LogP contribution in [0.5, 0.6) is 5.75 Å².